The van der Waals surface area contributed by atoms with Crippen LogP contribution in [0.1, 0.15) is 47.0 Å². The minimum Gasteiger partial charge on any atom is -0.444 e. The van der Waals surface area contributed by atoms with Gasteiger partial charge in [-0.3, -0.25) is 4.79 Å². The SMILES string of the molecule is C[C@H]1OCC[C@H]1NC(=O)CCCNC(=O)OC(C)(C)C. The summed E-state index contributed by atoms with van der Waals surface area (Å²) >= 11 is 0. The van der Waals surface area contributed by atoms with Gasteiger partial charge in [-0.15, -0.1) is 0 Å². The van der Waals surface area contributed by atoms with E-state index in [1.165, 1.54) is 0 Å². The quantitative estimate of drug-likeness (QED) is 0.752. The number of hydrogen-bond acceptors (Lipinski definition) is 4. The Bertz CT molecular complexity index is 339. The third kappa shape index (κ3) is 6.75. The van der Waals surface area contributed by atoms with E-state index in [2.05, 4.69) is 10.6 Å². The van der Waals surface area contributed by atoms with Gasteiger partial charge in [0.2, 0.25) is 5.91 Å². The van der Waals surface area contributed by atoms with Crippen molar-refractivity contribution < 1.29 is 19.1 Å². The van der Waals surface area contributed by atoms with Gasteiger partial charge in [-0.1, -0.05) is 0 Å². The van der Waals surface area contributed by atoms with Gasteiger partial charge in [0.1, 0.15) is 5.60 Å². The van der Waals surface area contributed by atoms with Crippen molar-refractivity contribution in [3.05, 3.63) is 0 Å². The first kappa shape index (κ1) is 16.8. The van der Waals surface area contributed by atoms with Crippen LogP contribution < -0.4 is 10.6 Å². The molecule has 1 aliphatic heterocycles. The molecule has 0 saturated carbocycles. The lowest BCUT2D eigenvalue weighted by molar-refractivity contribution is -0.122. The van der Waals surface area contributed by atoms with E-state index in [1.54, 1.807) is 0 Å². The summed E-state index contributed by atoms with van der Waals surface area (Å²) in [5.74, 6) is -0.00154. The number of ether oxygens (including phenoxy) is 2. The third-order valence-electron chi connectivity index (χ3n) is 2.97. The fraction of sp³-hybridized carbons (Fsp3) is 0.857. The molecule has 20 heavy (non-hydrogen) atoms. The van der Waals surface area contributed by atoms with Crippen LogP contribution in [0.15, 0.2) is 0 Å². The monoisotopic (exact) mass is 286 g/mol. The third-order valence-corrected chi connectivity index (χ3v) is 2.97. The van der Waals surface area contributed by atoms with Crippen LogP contribution >= 0.6 is 0 Å². The van der Waals surface area contributed by atoms with Crippen molar-refractivity contribution in [2.75, 3.05) is 13.2 Å². The maximum absolute atomic E-state index is 11.7. The topological polar surface area (TPSA) is 76.7 Å². The molecule has 0 bridgehead atoms. The largest absolute Gasteiger partial charge is 0.444 e. The molecule has 0 aromatic heterocycles. The molecule has 1 fully saturated rings. The minimum absolute atomic E-state index is 0.00154. The second-order valence-corrected chi connectivity index (χ2v) is 6.07. The highest BCUT2D eigenvalue weighted by Crippen LogP contribution is 2.12. The van der Waals surface area contributed by atoms with E-state index in [1.807, 2.05) is 27.7 Å². The fourth-order valence-corrected chi connectivity index (χ4v) is 1.95. The summed E-state index contributed by atoms with van der Waals surface area (Å²) in [6.45, 7) is 8.52. The lowest BCUT2D eigenvalue weighted by Crippen LogP contribution is -2.39. The summed E-state index contributed by atoms with van der Waals surface area (Å²) in [6.07, 6.45) is 1.48. The Hall–Kier alpha value is -1.30. The maximum Gasteiger partial charge on any atom is 0.407 e. The molecule has 0 spiro atoms. The summed E-state index contributed by atoms with van der Waals surface area (Å²) < 4.78 is 10.5. The molecule has 0 aromatic rings. The van der Waals surface area contributed by atoms with E-state index in [9.17, 15) is 9.59 Å². The normalized spacial score (nSPS) is 22.4. The number of rotatable bonds is 5. The lowest BCUT2D eigenvalue weighted by atomic mass is 10.1. The zero-order valence-electron chi connectivity index (χ0n) is 12.8. The molecule has 2 N–H and O–H groups in total. The molecule has 2 atom stereocenters. The van der Waals surface area contributed by atoms with Crippen molar-refractivity contribution in [2.24, 2.45) is 0 Å². The zero-order chi connectivity index (χ0) is 15.2. The predicted molar refractivity (Wildman–Crippen MR) is 75.4 cm³/mol. The van der Waals surface area contributed by atoms with Gasteiger partial charge in [-0.2, -0.15) is 0 Å². The maximum atomic E-state index is 11.7. The zero-order valence-corrected chi connectivity index (χ0v) is 12.8. The molecule has 1 rings (SSSR count). The van der Waals surface area contributed by atoms with Gasteiger partial charge in [0.25, 0.3) is 0 Å². The molecule has 116 valence electrons. The van der Waals surface area contributed by atoms with E-state index in [4.69, 9.17) is 9.47 Å². The number of amides is 2. The first-order valence-electron chi connectivity index (χ1n) is 7.16. The van der Waals surface area contributed by atoms with Crippen LogP contribution in [0.4, 0.5) is 4.79 Å². The van der Waals surface area contributed by atoms with Gasteiger partial charge < -0.3 is 20.1 Å². The Balaban J connectivity index is 2.09. The minimum atomic E-state index is -0.500. The molecule has 1 aliphatic rings. The van der Waals surface area contributed by atoms with Crippen molar-refractivity contribution >= 4 is 12.0 Å². The van der Waals surface area contributed by atoms with Crippen LogP contribution in [-0.4, -0.2) is 42.9 Å². The van der Waals surface area contributed by atoms with Gasteiger partial charge in [-0.05, 0) is 40.5 Å². The van der Waals surface area contributed by atoms with Gasteiger partial charge >= 0.3 is 6.09 Å². The van der Waals surface area contributed by atoms with E-state index >= 15 is 0 Å². The molecule has 0 unspecified atom stereocenters. The summed E-state index contributed by atoms with van der Waals surface area (Å²) in [5.41, 5.74) is -0.500. The molecule has 1 saturated heterocycles. The average Bonchev–Trinajstić information content (AvgIpc) is 2.68. The highest BCUT2D eigenvalue weighted by atomic mass is 16.6. The Morgan fingerprint density at radius 3 is 2.60 bits per heavy atom. The molecular weight excluding hydrogens is 260 g/mol. The highest BCUT2D eigenvalue weighted by molar-refractivity contribution is 5.76. The molecule has 1 heterocycles. The Kier molecular flexibility index (Phi) is 6.26. The van der Waals surface area contributed by atoms with E-state index < -0.39 is 11.7 Å². The van der Waals surface area contributed by atoms with Crippen molar-refractivity contribution in [3.8, 4) is 0 Å². The van der Waals surface area contributed by atoms with Crippen molar-refractivity contribution in [1.82, 2.24) is 10.6 Å². The second-order valence-electron chi connectivity index (χ2n) is 6.07. The van der Waals surface area contributed by atoms with Crippen molar-refractivity contribution in [3.63, 3.8) is 0 Å². The van der Waals surface area contributed by atoms with Crippen LogP contribution in [0.2, 0.25) is 0 Å². The van der Waals surface area contributed by atoms with Crippen molar-refractivity contribution in [2.45, 2.75) is 64.7 Å². The summed E-state index contributed by atoms with van der Waals surface area (Å²) in [4.78, 5) is 23.1. The van der Waals surface area contributed by atoms with Crippen LogP contribution in [0, 0.1) is 0 Å². The van der Waals surface area contributed by atoms with Crippen LogP contribution in [0.25, 0.3) is 0 Å². The summed E-state index contributed by atoms with van der Waals surface area (Å²) in [5, 5.41) is 5.58. The lowest BCUT2D eigenvalue weighted by Gasteiger charge is -2.19. The Morgan fingerprint density at radius 2 is 2.05 bits per heavy atom. The number of nitrogens with one attached hydrogen (secondary N) is 2. The van der Waals surface area contributed by atoms with E-state index in [0.29, 0.717) is 26.0 Å². The number of alkyl carbamates (subject to hydrolysis) is 1. The number of carbonyl (C=O) groups is 2. The summed E-state index contributed by atoms with van der Waals surface area (Å²) in [7, 11) is 0. The van der Waals surface area contributed by atoms with Gasteiger partial charge in [0.05, 0.1) is 12.1 Å². The second kappa shape index (κ2) is 7.47. The van der Waals surface area contributed by atoms with E-state index in [-0.39, 0.29) is 18.1 Å². The van der Waals surface area contributed by atoms with Crippen LogP contribution in [-0.2, 0) is 14.3 Å². The molecular formula is C14H26N2O4. The first-order chi connectivity index (χ1) is 9.28. The Morgan fingerprint density at radius 1 is 1.35 bits per heavy atom. The van der Waals surface area contributed by atoms with Gasteiger partial charge in [0.15, 0.2) is 0 Å². The standard InChI is InChI=1S/C14H26N2O4/c1-10-11(7-9-19-10)16-12(17)6-5-8-15-13(18)20-14(2,3)4/h10-11H,5-9H2,1-4H3,(H,15,18)(H,16,17)/t10-,11-/m1/s1. The molecule has 0 aliphatic carbocycles. The van der Waals surface area contributed by atoms with Gasteiger partial charge in [0, 0.05) is 19.6 Å². The first-order valence-corrected chi connectivity index (χ1v) is 7.16. The van der Waals surface area contributed by atoms with Gasteiger partial charge in [-0.25, -0.2) is 4.79 Å². The molecule has 2 amide bonds. The summed E-state index contributed by atoms with van der Waals surface area (Å²) in [6, 6.07) is 0.112. The Labute approximate surface area is 120 Å². The van der Waals surface area contributed by atoms with Crippen LogP contribution in [0.3, 0.4) is 0 Å². The van der Waals surface area contributed by atoms with Crippen LogP contribution in [0.5, 0.6) is 0 Å². The number of carbonyl (C=O) groups excluding carboxylic acids is 2. The fourth-order valence-electron chi connectivity index (χ4n) is 1.95. The number of hydrogen-bond donors (Lipinski definition) is 2. The smallest absolute Gasteiger partial charge is 0.407 e. The van der Waals surface area contributed by atoms with Crippen molar-refractivity contribution in [1.29, 1.82) is 0 Å². The molecule has 0 radical (unpaired) electrons. The predicted octanol–water partition coefficient (Wildman–Crippen LogP) is 1.58. The average molecular weight is 286 g/mol. The van der Waals surface area contributed by atoms with E-state index in [0.717, 1.165) is 6.42 Å². The highest BCUT2D eigenvalue weighted by Gasteiger charge is 2.25. The molecule has 6 nitrogen and oxygen atoms in total. The molecule has 0 aromatic carbocycles. The molecule has 6 heteroatoms.